The molecule has 2 aromatic rings. The maximum Gasteiger partial charge on any atom is 0.243 e. The molecule has 8 heteroatoms. The van der Waals surface area contributed by atoms with E-state index in [2.05, 4.69) is 5.32 Å². The minimum absolute atomic E-state index is 0.151. The van der Waals surface area contributed by atoms with Crippen LogP contribution < -0.4 is 14.8 Å². The van der Waals surface area contributed by atoms with Gasteiger partial charge in [0.15, 0.2) is 11.5 Å². The molecule has 1 N–H and O–H groups in total. The summed E-state index contributed by atoms with van der Waals surface area (Å²) < 4.78 is 38.8. The summed E-state index contributed by atoms with van der Waals surface area (Å²) in [6.07, 6.45) is 5.22. The Morgan fingerprint density at radius 1 is 1.00 bits per heavy atom. The summed E-state index contributed by atoms with van der Waals surface area (Å²) in [6.45, 7) is 2.14. The quantitative estimate of drug-likeness (QED) is 0.568. The van der Waals surface area contributed by atoms with E-state index in [1.54, 1.807) is 38.5 Å². The molecule has 0 unspecified atom stereocenters. The molecule has 0 aromatic heterocycles. The molecule has 3 rings (SSSR count). The fourth-order valence-corrected chi connectivity index (χ4v) is 5.85. The van der Waals surface area contributed by atoms with Crippen LogP contribution in [-0.4, -0.2) is 52.0 Å². The van der Waals surface area contributed by atoms with Gasteiger partial charge in [0.05, 0.1) is 25.7 Å². The monoisotopic (exact) mass is 474 g/mol. The third kappa shape index (κ3) is 6.48. The normalized spacial score (nSPS) is 14.8. The minimum atomic E-state index is -3.76. The highest BCUT2D eigenvalue weighted by Crippen LogP contribution is 2.29. The minimum Gasteiger partial charge on any atom is -0.493 e. The molecule has 0 aliphatic heterocycles. The van der Waals surface area contributed by atoms with Crippen molar-refractivity contribution in [2.75, 3.05) is 27.3 Å². The molecule has 7 nitrogen and oxygen atoms in total. The van der Waals surface area contributed by atoms with Crippen LogP contribution in [0.5, 0.6) is 11.5 Å². The lowest BCUT2D eigenvalue weighted by molar-refractivity contribution is -0.121. The molecule has 0 spiro atoms. The van der Waals surface area contributed by atoms with E-state index in [0.29, 0.717) is 24.5 Å². The topological polar surface area (TPSA) is 84.9 Å². The van der Waals surface area contributed by atoms with E-state index >= 15 is 0 Å². The Hall–Kier alpha value is -2.58. The molecule has 0 bridgehead atoms. The van der Waals surface area contributed by atoms with Gasteiger partial charge in [-0.25, -0.2) is 8.42 Å². The van der Waals surface area contributed by atoms with Crippen molar-refractivity contribution in [2.45, 2.75) is 56.4 Å². The van der Waals surface area contributed by atoms with Crippen LogP contribution in [0, 0.1) is 6.92 Å². The van der Waals surface area contributed by atoms with Crippen LogP contribution in [0.4, 0.5) is 0 Å². The highest BCUT2D eigenvalue weighted by atomic mass is 32.2. The van der Waals surface area contributed by atoms with E-state index < -0.39 is 10.0 Å². The molecule has 1 aliphatic carbocycles. The van der Waals surface area contributed by atoms with Crippen LogP contribution in [0.3, 0.4) is 0 Å². The summed E-state index contributed by atoms with van der Waals surface area (Å²) in [7, 11) is -0.599. The second-order valence-electron chi connectivity index (χ2n) is 8.44. The first-order valence-electron chi connectivity index (χ1n) is 11.4. The Morgan fingerprint density at radius 2 is 1.67 bits per heavy atom. The fraction of sp³-hybridized carbons (Fsp3) is 0.480. The summed E-state index contributed by atoms with van der Waals surface area (Å²) in [5.74, 6) is 0.987. The first-order chi connectivity index (χ1) is 15.8. The zero-order chi connectivity index (χ0) is 23.8. The first kappa shape index (κ1) is 25.1. The number of hydrogen-bond acceptors (Lipinski definition) is 5. The molecule has 1 amide bonds. The maximum atomic E-state index is 13.4. The van der Waals surface area contributed by atoms with Gasteiger partial charge in [-0.05, 0) is 56.0 Å². The molecule has 0 radical (unpaired) electrons. The van der Waals surface area contributed by atoms with Crippen molar-refractivity contribution in [1.29, 1.82) is 0 Å². The van der Waals surface area contributed by atoms with E-state index in [1.807, 2.05) is 25.1 Å². The molecule has 1 saturated carbocycles. The molecule has 0 atom stereocenters. The SMILES string of the molecule is COc1ccc(CCNC(=O)CN(C2CCCCC2)S(=O)(=O)c2ccc(C)cc2)cc1OC. The lowest BCUT2D eigenvalue weighted by Crippen LogP contribution is -2.47. The Balaban J connectivity index is 1.67. The van der Waals surface area contributed by atoms with E-state index in [9.17, 15) is 13.2 Å². The lowest BCUT2D eigenvalue weighted by atomic mass is 9.95. The number of carbonyl (C=O) groups excluding carboxylic acids is 1. The lowest BCUT2D eigenvalue weighted by Gasteiger charge is -2.33. The Morgan fingerprint density at radius 3 is 2.30 bits per heavy atom. The summed E-state index contributed by atoms with van der Waals surface area (Å²) in [6, 6.07) is 12.3. The van der Waals surface area contributed by atoms with Gasteiger partial charge in [0.25, 0.3) is 0 Å². The van der Waals surface area contributed by atoms with E-state index in [0.717, 1.165) is 43.2 Å². The predicted molar refractivity (Wildman–Crippen MR) is 128 cm³/mol. The Kier molecular flexibility index (Phi) is 8.74. The molecule has 0 saturated heterocycles. The molecule has 33 heavy (non-hydrogen) atoms. The summed E-state index contributed by atoms with van der Waals surface area (Å²) in [4.78, 5) is 13.0. The summed E-state index contributed by atoms with van der Waals surface area (Å²) in [5, 5.41) is 2.88. The van der Waals surface area contributed by atoms with Crippen molar-refractivity contribution in [3.05, 3.63) is 53.6 Å². The van der Waals surface area contributed by atoms with Crippen molar-refractivity contribution in [3.63, 3.8) is 0 Å². The van der Waals surface area contributed by atoms with Crippen molar-refractivity contribution in [2.24, 2.45) is 0 Å². The van der Waals surface area contributed by atoms with Gasteiger partial charge in [0.2, 0.25) is 15.9 Å². The molecule has 180 valence electrons. The summed E-state index contributed by atoms with van der Waals surface area (Å²) >= 11 is 0. The predicted octanol–water partition coefficient (Wildman–Crippen LogP) is 3.69. The van der Waals surface area contributed by atoms with E-state index in [4.69, 9.17) is 9.47 Å². The average Bonchev–Trinajstić information content (AvgIpc) is 2.83. The van der Waals surface area contributed by atoms with Crippen molar-refractivity contribution in [3.8, 4) is 11.5 Å². The highest BCUT2D eigenvalue weighted by Gasteiger charge is 2.33. The van der Waals surface area contributed by atoms with Gasteiger partial charge in [-0.2, -0.15) is 4.31 Å². The van der Waals surface area contributed by atoms with Crippen LogP contribution >= 0.6 is 0 Å². The number of rotatable bonds is 10. The molecule has 0 heterocycles. The van der Waals surface area contributed by atoms with E-state index in [-0.39, 0.29) is 23.4 Å². The number of hydrogen-bond donors (Lipinski definition) is 1. The smallest absolute Gasteiger partial charge is 0.243 e. The fourth-order valence-electron chi connectivity index (χ4n) is 4.20. The molecular formula is C25H34N2O5S. The van der Waals surface area contributed by atoms with Crippen molar-refractivity contribution < 1.29 is 22.7 Å². The van der Waals surface area contributed by atoms with Crippen LogP contribution in [0.1, 0.15) is 43.2 Å². The number of nitrogens with one attached hydrogen (secondary N) is 1. The second-order valence-corrected chi connectivity index (χ2v) is 10.3. The van der Waals surface area contributed by atoms with Crippen LogP contribution in [0.2, 0.25) is 0 Å². The van der Waals surface area contributed by atoms with Crippen molar-refractivity contribution in [1.82, 2.24) is 9.62 Å². The van der Waals surface area contributed by atoms with E-state index in [1.165, 1.54) is 4.31 Å². The van der Waals surface area contributed by atoms with Gasteiger partial charge >= 0.3 is 0 Å². The maximum absolute atomic E-state index is 13.4. The Bertz CT molecular complexity index is 1030. The zero-order valence-electron chi connectivity index (χ0n) is 19.7. The van der Waals surface area contributed by atoms with Crippen molar-refractivity contribution >= 4 is 15.9 Å². The average molecular weight is 475 g/mol. The molecule has 1 fully saturated rings. The summed E-state index contributed by atoms with van der Waals surface area (Å²) in [5.41, 5.74) is 1.98. The van der Waals surface area contributed by atoms with Crippen LogP contribution in [0.25, 0.3) is 0 Å². The second kappa shape index (κ2) is 11.5. The molecular weight excluding hydrogens is 440 g/mol. The number of amides is 1. The van der Waals surface area contributed by atoms with Gasteiger partial charge in [-0.1, -0.05) is 43.0 Å². The highest BCUT2D eigenvalue weighted by molar-refractivity contribution is 7.89. The standard InChI is InChI=1S/C25H34N2O5S/c1-19-9-12-22(13-10-19)33(29,30)27(21-7-5-4-6-8-21)18-25(28)26-16-15-20-11-14-23(31-2)24(17-20)32-3/h9-14,17,21H,4-8,15-16,18H2,1-3H3,(H,26,28). The zero-order valence-corrected chi connectivity index (χ0v) is 20.5. The first-order valence-corrected chi connectivity index (χ1v) is 12.8. The third-order valence-corrected chi connectivity index (χ3v) is 8.01. The number of methoxy groups -OCH3 is 2. The van der Waals surface area contributed by atoms with Gasteiger partial charge in [-0.3, -0.25) is 4.79 Å². The third-order valence-electron chi connectivity index (χ3n) is 6.09. The number of aryl methyl sites for hydroxylation is 1. The largest absolute Gasteiger partial charge is 0.493 e. The number of nitrogens with zero attached hydrogens (tertiary/aromatic N) is 1. The Labute approximate surface area is 197 Å². The van der Waals surface area contributed by atoms with Gasteiger partial charge in [0, 0.05) is 12.6 Å². The molecule has 2 aromatic carbocycles. The van der Waals surface area contributed by atoms with Crippen LogP contribution in [-0.2, 0) is 21.2 Å². The number of benzene rings is 2. The van der Waals surface area contributed by atoms with Gasteiger partial charge < -0.3 is 14.8 Å². The van der Waals surface area contributed by atoms with Gasteiger partial charge in [-0.15, -0.1) is 0 Å². The number of carbonyl (C=O) groups is 1. The molecule has 1 aliphatic rings. The van der Waals surface area contributed by atoms with Crippen LogP contribution in [0.15, 0.2) is 47.4 Å². The van der Waals surface area contributed by atoms with Gasteiger partial charge in [0.1, 0.15) is 0 Å². The number of ether oxygens (including phenoxy) is 2. The number of sulfonamides is 1.